The van der Waals surface area contributed by atoms with E-state index in [0.29, 0.717) is 25.1 Å². The number of aromatic nitrogens is 2. The number of halogens is 1. The molecule has 3 rings (SSSR count). The highest BCUT2D eigenvalue weighted by molar-refractivity contribution is 5.98. The molecule has 0 aliphatic heterocycles. The molecule has 0 bridgehead atoms. The summed E-state index contributed by atoms with van der Waals surface area (Å²) in [7, 11) is 0. The molecule has 0 unspecified atom stereocenters. The van der Waals surface area contributed by atoms with Gasteiger partial charge >= 0.3 is 0 Å². The molecule has 0 spiro atoms. The van der Waals surface area contributed by atoms with Gasteiger partial charge in [-0.1, -0.05) is 31.4 Å². The minimum atomic E-state index is -1.06. The predicted molar refractivity (Wildman–Crippen MR) is 106 cm³/mol. The number of carbonyl (C=O) groups is 2. The van der Waals surface area contributed by atoms with Crippen molar-refractivity contribution in [1.82, 2.24) is 20.4 Å². The highest BCUT2D eigenvalue weighted by Crippen LogP contribution is 2.28. The van der Waals surface area contributed by atoms with E-state index in [1.54, 1.807) is 19.1 Å². The Labute approximate surface area is 168 Å². The topological polar surface area (TPSA) is 93.1 Å². The molecule has 1 saturated carbocycles. The van der Waals surface area contributed by atoms with Gasteiger partial charge in [-0.15, -0.1) is 0 Å². The van der Waals surface area contributed by atoms with E-state index in [1.165, 1.54) is 22.9 Å². The molecule has 0 saturated heterocycles. The Kier molecular flexibility index (Phi) is 6.10. The third-order valence-electron chi connectivity index (χ3n) is 5.24. The summed E-state index contributed by atoms with van der Waals surface area (Å²) in [4.78, 5) is 38.1. The summed E-state index contributed by atoms with van der Waals surface area (Å²) >= 11 is 0. The number of carbonyl (C=O) groups excluding carboxylic acids is 2. The molecule has 2 N–H and O–H groups in total. The van der Waals surface area contributed by atoms with Crippen molar-refractivity contribution in [3.05, 3.63) is 57.8 Å². The summed E-state index contributed by atoms with van der Waals surface area (Å²) in [5.74, 6) is -1.51. The van der Waals surface area contributed by atoms with Crippen LogP contribution in [0.15, 0.2) is 35.1 Å². The van der Waals surface area contributed by atoms with Crippen LogP contribution < -0.4 is 16.1 Å². The third kappa shape index (κ3) is 4.21. The Bertz CT molecular complexity index is 980. The molecule has 1 fully saturated rings. The molecule has 8 heteroatoms. The number of nitrogens with zero attached hydrogens (tertiary/aromatic N) is 2. The van der Waals surface area contributed by atoms with E-state index in [1.807, 2.05) is 6.92 Å². The Hall–Kier alpha value is -3.03. The van der Waals surface area contributed by atoms with Gasteiger partial charge in [0.15, 0.2) is 5.69 Å². The fourth-order valence-corrected chi connectivity index (χ4v) is 3.74. The molecule has 0 atom stereocenters. The summed E-state index contributed by atoms with van der Waals surface area (Å²) in [6, 6.07) is 7.22. The van der Waals surface area contributed by atoms with Crippen LogP contribution in [-0.4, -0.2) is 33.7 Å². The first kappa shape index (κ1) is 20.7. The zero-order chi connectivity index (χ0) is 21.0. The number of aryl methyl sites for hydroxylation is 1. The lowest BCUT2D eigenvalue weighted by atomic mass is 9.80. The van der Waals surface area contributed by atoms with Crippen molar-refractivity contribution < 1.29 is 14.0 Å². The summed E-state index contributed by atoms with van der Waals surface area (Å²) in [5.41, 5.74) is -1.47. The molecule has 7 nitrogen and oxygen atoms in total. The van der Waals surface area contributed by atoms with Gasteiger partial charge in [-0.25, -0.2) is 9.07 Å². The van der Waals surface area contributed by atoms with E-state index in [-0.39, 0.29) is 17.3 Å². The zero-order valence-electron chi connectivity index (χ0n) is 16.6. The maximum absolute atomic E-state index is 14.2. The lowest BCUT2D eigenvalue weighted by Crippen LogP contribution is -2.60. The van der Waals surface area contributed by atoms with Gasteiger partial charge in [0.1, 0.15) is 17.0 Å². The van der Waals surface area contributed by atoms with Crippen LogP contribution in [0.5, 0.6) is 0 Å². The summed E-state index contributed by atoms with van der Waals surface area (Å²) < 4.78 is 15.4. The number of benzene rings is 1. The number of rotatable bonds is 5. The number of nitrogens with one attached hydrogen (secondary N) is 2. The van der Waals surface area contributed by atoms with E-state index in [9.17, 15) is 18.8 Å². The van der Waals surface area contributed by atoms with Crippen LogP contribution in [0.2, 0.25) is 0 Å². The van der Waals surface area contributed by atoms with Crippen molar-refractivity contribution in [1.29, 1.82) is 0 Å². The molecule has 2 aromatic rings. The quantitative estimate of drug-likeness (QED) is 0.805. The number of para-hydroxylation sites is 1. The molecule has 0 radical (unpaired) electrons. The maximum Gasteiger partial charge on any atom is 0.276 e. The van der Waals surface area contributed by atoms with Crippen LogP contribution >= 0.6 is 0 Å². The van der Waals surface area contributed by atoms with Gasteiger partial charge in [0.05, 0.1) is 0 Å². The molecule has 29 heavy (non-hydrogen) atoms. The van der Waals surface area contributed by atoms with Crippen LogP contribution in [0.3, 0.4) is 0 Å². The largest absolute Gasteiger partial charge is 0.354 e. The zero-order valence-corrected chi connectivity index (χ0v) is 16.6. The van der Waals surface area contributed by atoms with Gasteiger partial charge in [0.2, 0.25) is 11.3 Å². The summed E-state index contributed by atoms with van der Waals surface area (Å²) in [6.45, 7) is 3.87. The van der Waals surface area contributed by atoms with Gasteiger partial charge in [-0.2, -0.15) is 5.10 Å². The Balaban J connectivity index is 1.98. The molecule has 154 valence electrons. The minimum absolute atomic E-state index is 0.134. The number of amides is 2. The lowest BCUT2D eigenvalue weighted by molar-refractivity contribution is -0.128. The van der Waals surface area contributed by atoms with Crippen LogP contribution in [0.4, 0.5) is 4.39 Å². The predicted octanol–water partition coefficient (Wildman–Crippen LogP) is 2.25. The van der Waals surface area contributed by atoms with Gasteiger partial charge in [0, 0.05) is 18.3 Å². The van der Waals surface area contributed by atoms with E-state index >= 15 is 0 Å². The van der Waals surface area contributed by atoms with Crippen LogP contribution in [0.1, 0.15) is 55.2 Å². The van der Waals surface area contributed by atoms with Crippen molar-refractivity contribution in [3.8, 4) is 5.69 Å². The van der Waals surface area contributed by atoms with Crippen molar-refractivity contribution in [2.45, 2.75) is 51.5 Å². The van der Waals surface area contributed by atoms with E-state index < -0.39 is 22.7 Å². The second-order valence-corrected chi connectivity index (χ2v) is 7.32. The van der Waals surface area contributed by atoms with E-state index in [0.717, 1.165) is 19.3 Å². The first-order valence-electron chi connectivity index (χ1n) is 9.84. The second kappa shape index (κ2) is 8.55. The summed E-state index contributed by atoms with van der Waals surface area (Å²) in [5, 5.41) is 9.67. The average Bonchev–Trinajstić information content (AvgIpc) is 2.69. The summed E-state index contributed by atoms with van der Waals surface area (Å²) in [6.07, 6.45) is 3.59. The van der Waals surface area contributed by atoms with E-state index in [4.69, 9.17) is 0 Å². The Morgan fingerprint density at radius 2 is 1.90 bits per heavy atom. The van der Waals surface area contributed by atoms with Crippen LogP contribution in [-0.2, 0) is 4.79 Å². The van der Waals surface area contributed by atoms with Crippen molar-refractivity contribution in [2.75, 3.05) is 6.54 Å². The fourth-order valence-electron chi connectivity index (χ4n) is 3.74. The van der Waals surface area contributed by atoms with Gasteiger partial charge in [-0.05, 0) is 38.8 Å². The molecule has 1 aromatic heterocycles. The number of hydrogen-bond acceptors (Lipinski definition) is 4. The van der Waals surface area contributed by atoms with Crippen LogP contribution in [0, 0.1) is 12.7 Å². The molecule has 2 amide bonds. The van der Waals surface area contributed by atoms with Gasteiger partial charge < -0.3 is 10.6 Å². The molecule has 1 heterocycles. The average molecular weight is 400 g/mol. The first-order chi connectivity index (χ1) is 13.9. The van der Waals surface area contributed by atoms with Crippen LogP contribution in [0.25, 0.3) is 5.69 Å². The molecule has 1 aromatic carbocycles. The van der Waals surface area contributed by atoms with E-state index in [2.05, 4.69) is 15.7 Å². The molecular formula is C21H25FN4O3. The monoisotopic (exact) mass is 400 g/mol. The Morgan fingerprint density at radius 3 is 2.55 bits per heavy atom. The highest BCUT2D eigenvalue weighted by atomic mass is 19.1. The third-order valence-corrected chi connectivity index (χ3v) is 5.24. The lowest BCUT2D eigenvalue weighted by Gasteiger charge is -2.36. The van der Waals surface area contributed by atoms with Crippen molar-refractivity contribution in [3.63, 3.8) is 0 Å². The second-order valence-electron chi connectivity index (χ2n) is 7.32. The first-order valence-corrected chi connectivity index (χ1v) is 9.84. The van der Waals surface area contributed by atoms with Gasteiger partial charge in [0.25, 0.3) is 5.91 Å². The Morgan fingerprint density at radius 1 is 1.21 bits per heavy atom. The standard InChI is InChI=1S/C21H25FN4O3/c1-3-23-20(29)21(11-7-4-8-12-21)24-19(28)18-17(27)13-14(2)26(25-18)16-10-6-5-9-15(16)22/h5-6,9-10,13H,3-4,7-8,11-12H2,1-2H3,(H,23,29)(H,24,28). The van der Waals surface area contributed by atoms with Crippen molar-refractivity contribution >= 4 is 11.8 Å². The number of hydrogen-bond donors (Lipinski definition) is 2. The highest BCUT2D eigenvalue weighted by Gasteiger charge is 2.41. The number of likely N-dealkylation sites (N-methyl/N-ethyl adjacent to an activating group) is 1. The smallest absolute Gasteiger partial charge is 0.276 e. The SMILES string of the molecule is CCNC(=O)C1(NC(=O)c2nn(-c3ccccc3F)c(C)cc2=O)CCCCC1. The van der Waals surface area contributed by atoms with Crippen molar-refractivity contribution in [2.24, 2.45) is 0 Å². The molecule has 1 aliphatic carbocycles. The molecule has 1 aliphatic rings. The minimum Gasteiger partial charge on any atom is -0.354 e. The van der Waals surface area contributed by atoms with Gasteiger partial charge in [-0.3, -0.25) is 14.4 Å². The fraction of sp³-hybridized carbons (Fsp3) is 0.429. The normalized spacial score (nSPS) is 15.6. The maximum atomic E-state index is 14.2. The molecular weight excluding hydrogens is 375 g/mol.